The van der Waals surface area contributed by atoms with Crippen molar-refractivity contribution in [2.24, 2.45) is 0 Å². The minimum Gasteiger partial charge on any atom is -0.368 e. The molecule has 1 aliphatic heterocycles. The number of non-ortho nitro benzene ring substituents is 1. The first-order valence-electron chi connectivity index (χ1n) is 8.14. The largest absolute Gasteiger partial charge is 0.368 e. The summed E-state index contributed by atoms with van der Waals surface area (Å²) in [5.74, 6) is 0.0379. The van der Waals surface area contributed by atoms with Gasteiger partial charge in [0.2, 0.25) is 0 Å². The number of rotatable bonds is 4. The van der Waals surface area contributed by atoms with Gasteiger partial charge in [0.15, 0.2) is 0 Å². The molecule has 1 saturated heterocycles. The number of halogens is 1. The third-order valence-corrected chi connectivity index (χ3v) is 4.85. The minimum absolute atomic E-state index is 0.0379. The van der Waals surface area contributed by atoms with Gasteiger partial charge in [0, 0.05) is 61.2 Å². The Morgan fingerprint density at radius 3 is 2.40 bits per heavy atom. The first-order chi connectivity index (χ1) is 12.0. The highest BCUT2D eigenvalue weighted by molar-refractivity contribution is 9.10. The third kappa shape index (κ3) is 3.68. The average molecular weight is 407 g/mol. The second-order valence-corrected chi connectivity index (χ2v) is 6.80. The van der Waals surface area contributed by atoms with Crippen LogP contribution in [-0.2, 0) is 6.54 Å². The molecule has 0 saturated carbocycles. The Labute approximate surface area is 154 Å². The normalized spacial score (nSPS) is 14.6. The molecule has 0 bridgehead atoms. The predicted octanol–water partition coefficient (Wildman–Crippen LogP) is 3.14. The number of aromatic nitrogens is 1. The average Bonchev–Trinajstić information content (AvgIpc) is 3.02. The zero-order valence-corrected chi connectivity index (χ0v) is 15.5. The molecule has 1 amide bonds. The van der Waals surface area contributed by atoms with Gasteiger partial charge in [0.05, 0.1) is 4.92 Å². The van der Waals surface area contributed by atoms with Crippen LogP contribution < -0.4 is 4.90 Å². The number of nitro benzene ring substituents is 1. The van der Waals surface area contributed by atoms with Gasteiger partial charge < -0.3 is 14.4 Å². The lowest BCUT2D eigenvalue weighted by Crippen LogP contribution is -2.49. The molecule has 2 aromatic rings. The maximum atomic E-state index is 12.7. The van der Waals surface area contributed by atoms with Crippen molar-refractivity contribution in [3.05, 3.63) is 56.8 Å². The number of carbonyl (C=O) groups is 1. The number of piperazine rings is 1. The van der Waals surface area contributed by atoms with Gasteiger partial charge in [-0.05, 0) is 41.1 Å². The van der Waals surface area contributed by atoms with Gasteiger partial charge in [0.1, 0.15) is 5.69 Å². The molecule has 0 atom stereocenters. The molecular formula is C17H19BrN4O3. The van der Waals surface area contributed by atoms with E-state index in [1.807, 2.05) is 28.7 Å². The Morgan fingerprint density at radius 2 is 1.84 bits per heavy atom. The van der Waals surface area contributed by atoms with Crippen LogP contribution in [0.2, 0.25) is 0 Å². The van der Waals surface area contributed by atoms with E-state index in [9.17, 15) is 14.9 Å². The fourth-order valence-electron chi connectivity index (χ4n) is 3.03. The Morgan fingerprint density at radius 1 is 1.20 bits per heavy atom. The van der Waals surface area contributed by atoms with E-state index in [0.29, 0.717) is 31.9 Å². The maximum absolute atomic E-state index is 12.7. The smallest absolute Gasteiger partial charge is 0.270 e. The number of aryl methyl sites for hydroxylation is 1. The topological polar surface area (TPSA) is 71.6 Å². The molecule has 0 unspecified atom stereocenters. The Bertz CT molecular complexity index is 780. The molecule has 1 fully saturated rings. The van der Waals surface area contributed by atoms with Crippen LogP contribution in [0.4, 0.5) is 11.4 Å². The molecule has 0 N–H and O–H groups in total. The summed E-state index contributed by atoms with van der Waals surface area (Å²) in [5.41, 5.74) is 1.72. The van der Waals surface area contributed by atoms with Gasteiger partial charge in [-0.25, -0.2) is 0 Å². The lowest BCUT2D eigenvalue weighted by atomic mass is 10.2. The monoisotopic (exact) mass is 406 g/mol. The number of hydrogen-bond acceptors (Lipinski definition) is 4. The van der Waals surface area contributed by atoms with Crippen LogP contribution in [0, 0.1) is 10.1 Å². The van der Waals surface area contributed by atoms with Crippen LogP contribution in [0.3, 0.4) is 0 Å². The Kier molecular flexibility index (Phi) is 5.08. The van der Waals surface area contributed by atoms with E-state index in [-0.39, 0.29) is 11.6 Å². The van der Waals surface area contributed by atoms with E-state index in [1.165, 1.54) is 12.1 Å². The van der Waals surface area contributed by atoms with Crippen molar-refractivity contribution < 1.29 is 9.72 Å². The summed E-state index contributed by atoms with van der Waals surface area (Å²) in [6.45, 7) is 5.42. The van der Waals surface area contributed by atoms with E-state index in [4.69, 9.17) is 0 Å². The summed E-state index contributed by atoms with van der Waals surface area (Å²) in [6, 6.07) is 8.40. The quantitative estimate of drug-likeness (QED) is 0.577. The fraction of sp³-hybridized carbons (Fsp3) is 0.353. The number of benzene rings is 1. The molecule has 1 aromatic heterocycles. The lowest BCUT2D eigenvalue weighted by molar-refractivity contribution is -0.384. The van der Waals surface area contributed by atoms with Crippen LogP contribution in [0.15, 0.2) is 41.0 Å². The SMILES string of the molecule is CCn1cc(Br)cc1C(=O)N1CCN(c2ccc([N+](=O)[O-])cc2)CC1. The van der Waals surface area contributed by atoms with Gasteiger partial charge in [-0.15, -0.1) is 0 Å². The second-order valence-electron chi connectivity index (χ2n) is 5.88. The number of carbonyl (C=O) groups excluding carboxylic acids is 1. The van der Waals surface area contributed by atoms with Crippen molar-refractivity contribution in [1.29, 1.82) is 0 Å². The molecule has 8 heteroatoms. The summed E-state index contributed by atoms with van der Waals surface area (Å²) in [7, 11) is 0. The highest BCUT2D eigenvalue weighted by atomic mass is 79.9. The van der Waals surface area contributed by atoms with Crippen molar-refractivity contribution in [2.75, 3.05) is 31.1 Å². The van der Waals surface area contributed by atoms with Gasteiger partial charge in [-0.3, -0.25) is 14.9 Å². The number of hydrogen-bond donors (Lipinski definition) is 0. The predicted molar refractivity (Wildman–Crippen MR) is 99.0 cm³/mol. The van der Waals surface area contributed by atoms with Gasteiger partial charge >= 0.3 is 0 Å². The van der Waals surface area contributed by atoms with Crippen LogP contribution in [0.5, 0.6) is 0 Å². The van der Waals surface area contributed by atoms with Crippen molar-refractivity contribution >= 4 is 33.2 Å². The van der Waals surface area contributed by atoms with E-state index in [0.717, 1.165) is 16.7 Å². The van der Waals surface area contributed by atoms with Crippen LogP contribution in [-0.4, -0.2) is 46.5 Å². The molecule has 1 aromatic carbocycles. The van der Waals surface area contributed by atoms with E-state index in [2.05, 4.69) is 20.8 Å². The summed E-state index contributed by atoms with van der Waals surface area (Å²) in [5, 5.41) is 10.7. The molecule has 7 nitrogen and oxygen atoms in total. The number of anilines is 1. The van der Waals surface area contributed by atoms with Gasteiger partial charge in [-0.2, -0.15) is 0 Å². The molecule has 1 aliphatic rings. The summed E-state index contributed by atoms with van der Waals surface area (Å²) in [6.07, 6.45) is 1.92. The standard InChI is InChI=1S/C17H19BrN4O3/c1-2-19-12-13(18)11-16(19)17(23)21-9-7-20(8-10-21)14-3-5-15(6-4-14)22(24)25/h3-6,11-12H,2,7-10H2,1H3. The number of nitro groups is 1. The maximum Gasteiger partial charge on any atom is 0.270 e. The van der Waals surface area contributed by atoms with Crippen molar-refractivity contribution in [2.45, 2.75) is 13.5 Å². The molecule has 0 spiro atoms. The zero-order chi connectivity index (χ0) is 18.0. The van der Waals surface area contributed by atoms with E-state index >= 15 is 0 Å². The first kappa shape index (κ1) is 17.5. The third-order valence-electron chi connectivity index (χ3n) is 4.42. The Hall–Kier alpha value is -2.35. The minimum atomic E-state index is -0.401. The fourth-order valence-corrected chi connectivity index (χ4v) is 3.49. The molecule has 0 radical (unpaired) electrons. The van der Waals surface area contributed by atoms with Gasteiger partial charge in [-0.1, -0.05) is 0 Å². The molecule has 2 heterocycles. The van der Waals surface area contributed by atoms with Crippen LogP contribution in [0.1, 0.15) is 17.4 Å². The summed E-state index contributed by atoms with van der Waals surface area (Å²) >= 11 is 3.42. The van der Waals surface area contributed by atoms with Crippen LogP contribution in [0.25, 0.3) is 0 Å². The number of nitrogens with zero attached hydrogens (tertiary/aromatic N) is 4. The lowest BCUT2D eigenvalue weighted by Gasteiger charge is -2.36. The molecule has 0 aliphatic carbocycles. The zero-order valence-electron chi connectivity index (χ0n) is 13.9. The first-order valence-corrected chi connectivity index (χ1v) is 8.93. The van der Waals surface area contributed by atoms with Gasteiger partial charge in [0.25, 0.3) is 11.6 Å². The summed E-state index contributed by atoms with van der Waals surface area (Å²) in [4.78, 5) is 27.1. The molecule has 132 valence electrons. The van der Waals surface area contributed by atoms with Crippen LogP contribution >= 0.6 is 15.9 Å². The highest BCUT2D eigenvalue weighted by Gasteiger charge is 2.24. The Balaban J connectivity index is 1.65. The molecule has 25 heavy (non-hydrogen) atoms. The summed E-state index contributed by atoms with van der Waals surface area (Å²) < 4.78 is 2.84. The molecular weight excluding hydrogens is 388 g/mol. The van der Waals surface area contributed by atoms with E-state index in [1.54, 1.807) is 12.1 Å². The second kappa shape index (κ2) is 7.26. The van der Waals surface area contributed by atoms with E-state index < -0.39 is 4.92 Å². The van der Waals surface area contributed by atoms with Crippen molar-refractivity contribution in [1.82, 2.24) is 9.47 Å². The molecule has 3 rings (SSSR count). The highest BCUT2D eigenvalue weighted by Crippen LogP contribution is 2.22. The van der Waals surface area contributed by atoms with Crippen molar-refractivity contribution in [3.63, 3.8) is 0 Å². The number of amides is 1. The van der Waals surface area contributed by atoms with Crippen molar-refractivity contribution in [3.8, 4) is 0 Å².